The lowest BCUT2D eigenvalue weighted by molar-refractivity contribution is -0.148. The summed E-state index contributed by atoms with van der Waals surface area (Å²) in [5, 5.41) is 2.78. The van der Waals surface area contributed by atoms with Gasteiger partial charge in [0.2, 0.25) is 5.91 Å². The predicted molar refractivity (Wildman–Crippen MR) is 70.3 cm³/mol. The number of carbonyl (C=O) groups is 2. The molecular formula is C14H18N2O3. The molecule has 0 bridgehead atoms. The summed E-state index contributed by atoms with van der Waals surface area (Å²) in [4.78, 5) is 23.1. The number of ether oxygens (including phenoxy) is 1. The molecule has 5 nitrogen and oxygen atoms in total. The Labute approximate surface area is 112 Å². The van der Waals surface area contributed by atoms with Crippen molar-refractivity contribution in [3.05, 3.63) is 35.9 Å². The van der Waals surface area contributed by atoms with Crippen LogP contribution in [-0.4, -0.2) is 30.6 Å². The first-order valence-electron chi connectivity index (χ1n) is 6.41. The van der Waals surface area contributed by atoms with Gasteiger partial charge in [-0.2, -0.15) is 0 Å². The fourth-order valence-electron chi connectivity index (χ4n) is 2.03. The molecule has 19 heavy (non-hydrogen) atoms. The monoisotopic (exact) mass is 262 g/mol. The predicted octanol–water partition coefficient (Wildman–Crippen LogP) is 0.549. The molecule has 0 spiro atoms. The van der Waals surface area contributed by atoms with Crippen LogP contribution in [0.3, 0.4) is 0 Å². The zero-order valence-electron chi connectivity index (χ0n) is 10.8. The smallest absolute Gasteiger partial charge is 0.332 e. The van der Waals surface area contributed by atoms with E-state index in [0.29, 0.717) is 5.92 Å². The SMILES string of the molecule is CCOC(=O)C(N)C(=O)NC1CC1c1ccccc1. The lowest BCUT2D eigenvalue weighted by Crippen LogP contribution is -2.47. The van der Waals surface area contributed by atoms with Crippen LogP contribution >= 0.6 is 0 Å². The molecule has 3 atom stereocenters. The molecule has 0 aromatic heterocycles. The molecule has 1 fully saturated rings. The van der Waals surface area contributed by atoms with E-state index in [-0.39, 0.29) is 12.6 Å². The quantitative estimate of drug-likeness (QED) is 0.599. The topological polar surface area (TPSA) is 81.4 Å². The van der Waals surface area contributed by atoms with Crippen molar-refractivity contribution >= 4 is 11.9 Å². The van der Waals surface area contributed by atoms with Crippen molar-refractivity contribution in [3.63, 3.8) is 0 Å². The van der Waals surface area contributed by atoms with Crippen LogP contribution < -0.4 is 11.1 Å². The Morgan fingerprint density at radius 1 is 1.42 bits per heavy atom. The second-order valence-electron chi connectivity index (χ2n) is 4.60. The van der Waals surface area contributed by atoms with Gasteiger partial charge in [-0.05, 0) is 18.9 Å². The maximum atomic E-state index is 11.7. The fourth-order valence-corrected chi connectivity index (χ4v) is 2.03. The Kier molecular flexibility index (Phi) is 4.16. The van der Waals surface area contributed by atoms with E-state index in [2.05, 4.69) is 5.32 Å². The molecule has 0 heterocycles. The first-order valence-corrected chi connectivity index (χ1v) is 6.41. The van der Waals surface area contributed by atoms with E-state index in [4.69, 9.17) is 10.5 Å². The number of esters is 1. The van der Waals surface area contributed by atoms with Gasteiger partial charge in [0, 0.05) is 12.0 Å². The highest BCUT2D eigenvalue weighted by molar-refractivity contribution is 6.01. The van der Waals surface area contributed by atoms with Gasteiger partial charge in [-0.1, -0.05) is 30.3 Å². The molecule has 3 unspecified atom stereocenters. The van der Waals surface area contributed by atoms with Crippen molar-refractivity contribution in [3.8, 4) is 0 Å². The number of benzene rings is 1. The minimum Gasteiger partial charge on any atom is -0.464 e. The summed E-state index contributed by atoms with van der Waals surface area (Å²) in [6, 6.07) is 8.78. The zero-order chi connectivity index (χ0) is 13.8. The van der Waals surface area contributed by atoms with Gasteiger partial charge >= 0.3 is 5.97 Å². The molecule has 3 N–H and O–H groups in total. The summed E-state index contributed by atoms with van der Waals surface area (Å²) in [5.74, 6) is -0.835. The van der Waals surface area contributed by atoms with Crippen LogP contribution in [0.5, 0.6) is 0 Å². The maximum Gasteiger partial charge on any atom is 0.332 e. The fraction of sp³-hybridized carbons (Fsp3) is 0.429. The minimum absolute atomic E-state index is 0.0652. The average molecular weight is 262 g/mol. The second kappa shape index (κ2) is 5.84. The Morgan fingerprint density at radius 2 is 2.11 bits per heavy atom. The lowest BCUT2D eigenvalue weighted by Gasteiger charge is -2.11. The van der Waals surface area contributed by atoms with Gasteiger partial charge in [0.15, 0.2) is 6.04 Å². The first kappa shape index (κ1) is 13.5. The van der Waals surface area contributed by atoms with Crippen LogP contribution in [0.2, 0.25) is 0 Å². The third-order valence-electron chi connectivity index (χ3n) is 3.17. The summed E-state index contributed by atoms with van der Waals surface area (Å²) in [6.45, 7) is 1.89. The first-order chi connectivity index (χ1) is 9.13. The van der Waals surface area contributed by atoms with E-state index in [1.54, 1.807) is 6.92 Å². The van der Waals surface area contributed by atoms with Crippen molar-refractivity contribution < 1.29 is 14.3 Å². The van der Waals surface area contributed by atoms with Gasteiger partial charge in [0.05, 0.1) is 6.61 Å². The van der Waals surface area contributed by atoms with Crippen molar-refractivity contribution in [2.75, 3.05) is 6.61 Å². The molecule has 1 aliphatic carbocycles. The highest BCUT2D eigenvalue weighted by Gasteiger charge is 2.40. The molecule has 2 rings (SSSR count). The van der Waals surface area contributed by atoms with Crippen LogP contribution in [0.4, 0.5) is 0 Å². The van der Waals surface area contributed by atoms with Gasteiger partial charge in [0.1, 0.15) is 0 Å². The van der Waals surface area contributed by atoms with Gasteiger partial charge in [0.25, 0.3) is 0 Å². The van der Waals surface area contributed by atoms with Crippen molar-refractivity contribution in [2.45, 2.75) is 31.3 Å². The Morgan fingerprint density at radius 3 is 2.74 bits per heavy atom. The highest BCUT2D eigenvalue weighted by Crippen LogP contribution is 2.40. The van der Waals surface area contributed by atoms with E-state index in [0.717, 1.165) is 6.42 Å². The molecule has 1 aromatic rings. The van der Waals surface area contributed by atoms with Gasteiger partial charge in [-0.25, -0.2) is 4.79 Å². The number of nitrogens with one attached hydrogen (secondary N) is 1. The molecule has 1 aliphatic rings. The van der Waals surface area contributed by atoms with E-state index >= 15 is 0 Å². The molecular weight excluding hydrogens is 244 g/mol. The molecule has 1 saturated carbocycles. The number of hydrogen-bond donors (Lipinski definition) is 2. The van der Waals surface area contributed by atoms with Crippen LogP contribution in [0.1, 0.15) is 24.8 Å². The zero-order valence-corrected chi connectivity index (χ0v) is 10.8. The third kappa shape index (κ3) is 3.32. The number of amides is 1. The van der Waals surface area contributed by atoms with E-state index in [9.17, 15) is 9.59 Å². The summed E-state index contributed by atoms with van der Waals surface area (Å²) in [6.07, 6.45) is 0.880. The summed E-state index contributed by atoms with van der Waals surface area (Å²) >= 11 is 0. The second-order valence-corrected chi connectivity index (χ2v) is 4.60. The Bertz CT molecular complexity index is 461. The normalized spacial score (nSPS) is 22.4. The molecule has 5 heteroatoms. The highest BCUT2D eigenvalue weighted by atomic mass is 16.5. The van der Waals surface area contributed by atoms with Gasteiger partial charge in [-0.3, -0.25) is 4.79 Å². The van der Waals surface area contributed by atoms with Gasteiger partial charge in [-0.15, -0.1) is 0 Å². The molecule has 0 aliphatic heterocycles. The minimum atomic E-state index is -1.24. The average Bonchev–Trinajstić information content (AvgIpc) is 3.18. The number of nitrogens with two attached hydrogens (primary N) is 1. The molecule has 0 radical (unpaired) electrons. The number of carbonyl (C=O) groups excluding carboxylic acids is 2. The van der Waals surface area contributed by atoms with Crippen molar-refractivity contribution in [1.29, 1.82) is 0 Å². The number of hydrogen-bond acceptors (Lipinski definition) is 4. The summed E-state index contributed by atoms with van der Waals surface area (Å²) < 4.78 is 4.71. The van der Waals surface area contributed by atoms with Crippen LogP contribution in [0.15, 0.2) is 30.3 Å². The van der Waals surface area contributed by atoms with E-state index in [1.165, 1.54) is 5.56 Å². The molecule has 102 valence electrons. The molecule has 1 amide bonds. The standard InChI is InChI=1S/C14H18N2O3/c1-2-19-14(18)12(15)13(17)16-11-8-10(11)9-6-4-3-5-7-9/h3-7,10-12H,2,8,15H2,1H3,(H,16,17). The van der Waals surface area contributed by atoms with E-state index in [1.807, 2.05) is 30.3 Å². The van der Waals surface area contributed by atoms with Crippen LogP contribution in [-0.2, 0) is 14.3 Å². The van der Waals surface area contributed by atoms with Gasteiger partial charge < -0.3 is 15.8 Å². The Hall–Kier alpha value is -1.88. The molecule has 1 aromatic carbocycles. The Balaban J connectivity index is 1.84. The summed E-state index contributed by atoms with van der Waals surface area (Å²) in [5.41, 5.74) is 6.71. The largest absolute Gasteiger partial charge is 0.464 e. The third-order valence-corrected chi connectivity index (χ3v) is 3.17. The number of rotatable bonds is 5. The van der Waals surface area contributed by atoms with Crippen molar-refractivity contribution in [2.24, 2.45) is 5.73 Å². The van der Waals surface area contributed by atoms with Crippen LogP contribution in [0, 0.1) is 0 Å². The van der Waals surface area contributed by atoms with Crippen LogP contribution in [0.25, 0.3) is 0 Å². The molecule has 0 saturated heterocycles. The van der Waals surface area contributed by atoms with E-state index < -0.39 is 17.9 Å². The summed E-state index contributed by atoms with van der Waals surface area (Å²) in [7, 11) is 0. The lowest BCUT2D eigenvalue weighted by atomic mass is 10.1. The maximum absolute atomic E-state index is 11.7. The van der Waals surface area contributed by atoms with Crippen molar-refractivity contribution in [1.82, 2.24) is 5.32 Å².